The van der Waals surface area contributed by atoms with Crippen molar-refractivity contribution in [1.29, 1.82) is 0 Å². The molecule has 88 valence electrons. The van der Waals surface area contributed by atoms with Gasteiger partial charge in [0.25, 0.3) is 0 Å². The van der Waals surface area contributed by atoms with E-state index in [1.165, 1.54) is 11.1 Å². The Bertz CT molecular complexity index is 376. The highest BCUT2D eigenvalue weighted by molar-refractivity contribution is 5.36. The standard InChI is InChI=1S/C13H20N2O/c1-3-15-7-11-5-4-10(6-12(11)8-15)13(16)9(2)14/h4-6,9,13,16H,3,7-8,14H2,1-2H3. The van der Waals surface area contributed by atoms with E-state index in [-0.39, 0.29) is 6.04 Å². The lowest BCUT2D eigenvalue weighted by atomic mass is 9.99. The van der Waals surface area contributed by atoms with E-state index in [2.05, 4.69) is 24.0 Å². The number of nitrogens with zero attached hydrogens (tertiary/aromatic N) is 1. The highest BCUT2D eigenvalue weighted by atomic mass is 16.3. The third-order valence-electron chi connectivity index (χ3n) is 3.30. The highest BCUT2D eigenvalue weighted by Crippen LogP contribution is 2.26. The summed E-state index contributed by atoms with van der Waals surface area (Å²) in [5, 5.41) is 9.91. The second kappa shape index (κ2) is 4.53. The molecule has 2 unspecified atom stereocenters. The van der Waals surface area contributed by atoms with Crippen molar-refractivity contribution in [3.63, 3.8) is 0 Å². The van der Waals surface area contributed by atoms with Gasteiger partial charge in [-0.05, 0) is 30.2 Å². The van der Waals surface area contributed by atoms with E-state index in [1.807, 2.05) is 13.0 Å². The van der Waals surface area contributed by atoms with Crippen LogP contribution in [0.1, 0.15) is 36.6 Å². The molecule has 2 rings (SSSR count). The smallest absolute Gasteiger partial charge is 0.0938 e. The summed E-state index contributed by atoms with van der Waals surface area (Å²) < 4.78 is 0. The number of fused-ring (bicyclic) bond motifs is 1. The predicted octanol–water partition coefficient (Wildman–Crippen LogP) is 1.40. The molecule has 3 nitrogen and oxygen atoms in total. The molecule has 0 radical (unpaired) electrons. The van der Waals surface area contributed by atoms with E-state index in [4.69, 9.17) is 5.73 Å². The summed E-state index contributed by atoms with van der Waals surface area (Å²) in [6.45, 7) is 7.09. The second-order valence-electron chi connectivity index (χ2n) is 4.64. The largest absolute Gasteiger partial charge is 0.387 e. The van der Waals surface area contributed by atoms with Gasteiger partial charge >= 0.3 is 0 Å². The second-order valence-corrected chi connectivity index (χ2v) is 4.64. The Balaban J connectivity index is 2.22. The first kappa shape index (κ1) is 11.6. The predicted molar refractivity (Wildman–Crippen MR) is 64.8 cm³/mol. The maximum atomic E-state index is 9.91. The first-order valence-electron chi connectivity index (χ1n) is 5.89. The molecule has 0 fully saturated rings. The molecule has 1 aromatic carbocycles. The van der Waals surface area contributed by atoms with Gasteiger partial charge in [-0.3, -0.25) is 4.90 Å². The van der Waals surface area contributed by atoms with Gasteiger partial charge in [0.05, 0.1) is 6.10 Å². The molecule has 0 bridgehead atoms. The zero-order valence-electron chi connectivity index (χ0n) is 9.98. The van der Waals surface area contributed by atoms with Crippen LogP contribution in [0.3, 0.4) is 0 Å². The van der Waals surface area contributed by atoms with E-state index in [9.17, 15) is 5.11 Å². The van der Waals surface area contributed by atoms with E-state index >= 15 is 0 Å². The molecule has 16 heavy (non-hydrogen) atoms. The van der Waals surface area contributed by atoms with Crippen LogP contribution in [0.2, 0.25) is 0 Å². The lowest BCUT2D eigenvalue weighted by molar-refractivity contribution is 0.153. The van der Waals surface area contributed by atoms with E-state index in [1.54, 1.807) is 0 Å². The summed E-state index contributed by atoms with van der Waals surface area (Å²) in [5.41, 5.74) is 9.35. The van der Waals surface area contributed by atoms with Crippen molar-refractivity contribution in [2.24, 2.45) is 5.73 Å². The lowest BCUT2D eigenvalue weighted by Gasteiger charge is -2.15. The van der Waals surface area contributed by atoms with E-state index < -0.39 is 6.10 Å². The maximum absolute atomic E-state index is 9.91. The van der Waals surface area contributed by atoms with Gasteiger partial charge in [0.1, 0.15) is 0 Å². The first-order chi connectivity index (χ1) is 7.61. The number of aliphatic hydroxyl groups is 1. The first-order valence-corrected chi connectivity index (χ1v) is 5.89. The molecular formula is C13H20N2O. The van der Waals surface area contributed by atoms with Crippen LogP contribution in [-0.2, 0) is 13.1 Å². The Morgan fingerprint density at radius 3 is 2.69 bits per heavy atom. The molecule has 1 aliphatic heterocycles. The average Bonchev–Trinajstić information content (AvgIpc) is 2.69. The fourth-order valence-electron chi connectivity index (χ4n) is 2.20. The third-order valence-corrected chi connectivity index (χ3v) is 3.30. The van der Waals surface area contributed by atoms with Crippen LogP contribution in [0, 0.1) is 0 Å². The van der Waals surface area contributed by atoms with Crippen LogP contribution >= 0.6 is 0 Å². The minimum Gasteiger partial charge on any atom is -0.387 e. The molecule has 1 heterocycles. The van der Waals surface area contributed by atoms with Gasteiger partial charge in [-0.15, -0.1) is 0 Å². The molecule has 3 N–H and O–H groups in total. The van der Waals surface area contributed by atoms with Crippen molar-refractivity contribution in [3.05, 3.63) is 34.9 Å². The Morgan fingerprint density at radius 1 is 1.38 bits per heavy atom. The van der Waals surface area contributed by atoms with Crippen LogP contribution in [-0.4, -0.2) is 22.6 Å². The van der Waals surface area contributed by atoms with Gasteiger partial charge in [-0.2, -0.15) is 0 Å². The van der Waals surface area contributed by atoms with Crippen molar-refractivity contribution in [2.75, 3.05) is 6.54 Å². The van der Waals surface area contributed by atoms with Gasteiger partial charge in [0, 0.05) is 19.1 Å². The van der Waals surface area contributed by atoms with Gasteiger partial charge in [0.2, 0.25) is 0 Å². The van der Waals surface area contributed by atoms with Crippen LogP contribution < -0.4 is 5.73 Å². The average molecular weight is 220 g/mol. The number of aliphatic hydroxyl groups excluding tert-OH is 1. The monoisotopic (exact) mass is 220 g/mol. The third kappa shape index (κ3) is 2.12. The van der Waals surface area contributed by atoms with Gasteiger partial charge in [-0.1, -0.05) is 25.1 Å². The molecule has 1 aromatic rings. The number of nitrogens with two attached hydrogens (primary N) is 1. The van der Waals surface area contributed by atoms with Gasteiger partial charge < -0.3 is 10.8 Å². The summed E-state index contributed by atoms with van der Waals surface area (Å²) in [4.78, 5) is 2.38. The summed E-state index contributed by atoms with van der Waals surface area (Å²) in [6.07, 6.45) is -0.555. The Labute approximate surface area is 96.9 Å². The fraction of sp³-hybridized carbons (Fsp3) is 0.538. The molecule has 0 saturated carbocycles. The van der Waals surface area contributed by atoms with Crippen LogP contribution in [0.5, 0.6) is 0 Å². The maximum Gasteiger partial charge on any atom is 0.0938 e. The molecule has 0 saturated heterocycles. The zero-order chi connectivity index (χ0) is 11.7. The van der Waals surface area contributed by atoms with E-state index in [0.29, 0.717) is 0 Å². The van der Waals surface area contributed by atoms with Crippen LogP contribution in [0.15, 0.2) is 18.2 Å². The van der Waals surface area contributed by atoms with Crippen LogP contribution in [0.25, 0.3) is 0 Å². The topological polar surface area (TPSA) is 49.5 Å². The van der Waals surface area contributed by atoms with Gasteiger partial charge in [-0.25, -0.2) is 0 Å². The Morgan fingerprint density at radius 2 is 2.06 bits per heavy atom. The number of benzene rings is 1. The van der Waals surface area contributed by atoms with Gasteiger partial charge in [0.15, 0.2) is 0 Å². The molecule has 0 spiro atoms. The highest BCUT2D eigenvalue weighted by Gasteiger charge is 2.20. The van der Waals surface area contributed by atoms with Crippen molar-refractivity contribution in [2.45, 2.75) is 39.1 Å². The quantitative estimate of drug-likeness (QED) is 0.809. The number of hydrogen-bond acceptors (Lipinski definition) is 3. The van der Waals surface area contributed by atoms with Crippen molar-refractivity contribution in [3.8, 4) is 0 Å². The summed E-state index contributed by atoms with van der Waals surface area (Å²) in [7, 11) is 0. The molecule has 0 aromatic heterocycles. The molecular weight excluding hydrogens is 200 g/mol. The van der Waals surface area contributed by atoms with Crippen LogP contribution in [0.4, 0.5) is 0 Å². The Hall–Kier alpha value is -0.900. The van der Waals surface area contributed by atoms with Crippen molar-refractivity contribution < 1.29 is 5.11 Å². The number of rotatable bonds is 3. The summed E-state index contributed by atoms with van der Waals surface area (Å²) in [5.74, 6) is 0. The lowest BCUT2D eigenvalue weighted by Crippen LogP contribution is -2.24. The molecule has 0 aliphatic carbocycles. The Kier molecular flexibility index (Phi) is 3.28. The minimum atomic E-state index is -0.555. The zero-order valence-corrected chi connectivity index (χ0v) is 9.98. The molecule has 0 amide bonds. The van der Waals surface area contributed by atoms with Crippen molar-refractivity contribution in [1.82, 2.24) is 4.90 Å². The fourth-order valence-corrected chi connectivity index (χ4v) is 2.20. The SMILES string of the molecule is CCN1Cc2ccc(C(O)C(C)N)cc2C1. The molecule has 3 heteroatoms. The van der Waals surface area contributed by atoms with E-state index in [0.717, 1.165) is 25.2 Å². The molecule has 2 atom stereocenters. The summed E-state index contributed by atoms with van der Waals surface area (Å²) in [6, 6.07) is 5.98. The normalized spacial score (nSPS) is 19.5. The molecule has 1 aliphatic rings. The minimum absolute atomic E-state index is 0.221. The number of hydrogen-bond donors (Lipinski definition) is 2. The van der Waals surface area contributed by atoms with Crippen molar-refractivity contribution >= 4 is 0 Å². The summed E-state index contributed by atoms with van der Waals surface area (Å²) >= 11 is 0.